The zero-order valence-electron chi connectivity index (χ0n) is 11.0. The molecule has 2 aromatic carbocycles. The Kier molecular flexibility index (Phi) is 5.09. The lowest BCUT2D eigenvalue weighted by Crippen LogP contribution is -2.03. The van der Waals surface area contributed by atoms with E-state index in [2.05, 4.69) is 0 Å². The molecule has 0 aliphatic heterocycles. The summed E-state index contributed by atoms with van der Waals surface area (Å²) >= 11 is 0. The second-order valence-corrected chi connectivity index (χ2v) is 4.28. The van der Waals surface area contributed by atoms with Crippen molar-refractivity contribution in [2.24, 2.45) is 0 Å². The molecule has 0 atom stereocenters. The van der Waals surface area contributed by atoms with Crippen LogP contribution in [0.3, 0.4) is 0 Å². The topological polar surface area (TPSA) is 46.5 Å². The number of hydrogen-bond donors (Lipinski definition) is 1. The molecule has 0 bridgehead atoms. The van der Waals surface area contributed by atoms with Gasteiger partial charge < -0.3 is 9.84 Å². The van der Waals surface area contributed by atoms with Crippen LogP contribution in [-0.4, -0.2) is 11.1 Å². The Labute approximate surface area is 118 Å². The number of carbonyl (C=O) groups is 1. The Bertz CT molecular complexity index is 588. The van der Waals surface area contributed by atoms with Gasteiger partial charge in [0, 0.05) is 6.08 Å². The number of aliphatic hydroxyl groups is 1. The van der Waals surface area contributed by atoms with E-state index in [0.717, 1.165) is 16.7 Å². The van der Waals surface area contributed by atoms with E-state index >= 15 is 0 Å². The molecule has 20 heavy (non-hydrogen) atoms. The molecule has 3 nitrogen and oxygen atoms in total. The predicted molar refractivity (Wildman–Crippen MR) is 77.6 cm³/mol. The molecule has 0 radical (unpaired) electrons. The first-order valence-corrected chi connectivity index (χ1v) is 6.37. The van der Waals surface area contributed by atoms with E-state index < -0.39 is 5.97 Å². The van der Waals surface area contributed by atoms with Crippen LogP contribution in [0, 0.1) is 0 Å². The van der Waals surface area contributed by atoms with Gasteiger partial charge in [-0.2, -0.15) is 0 Å². The van der Waals surface area contributed by atoms with Gasteiger partial charge in [0.1, 0.15) is 6.61 Å². The minimum atomic E-state index is -0.401. The largest absolute Gasteiger partial charge is 0.458 e. The van der Waals surface area contributed by atoms with Gasteiger partial charge in [-0.25, -0.2) is 4.79 Å². The van der Waals surface area contributed by atoms with Crippen LogP contribution in [-0.2, 0) is 22.7 Å². The molecule has 0 fully saturated rings. The highest BCUT2D eigenvalue weighted by molar-refractivity contribution is 5.87. The molecular weight excluding hydrogens is 252 g/mol. The van der Waals surface area contributed by atoms with E-state index in [1.807, 2.05) is 54.6 Å². The van der Waals surface area contributed by atoms with Crippen molar-refractivity contribution in [1.29, 1.82) is 0 Å². The van der Waals surface area contributed by atoms with Crippen molar-refractivity contribution < 1.29 is 14.6 Å². The second kappa shape index (κ2) is 7.26. The third-order valence-electron chi connectivity index (χ3n) is 2.87. The lowest BCUT2D eigenvalue weighted by atomic mass is 10.1. The Balaban J connectivity index is 1.91. The Morgan fingerprint density at radius 2 is 1.65 bits per heavy atom. The van der Waals surface area contributed by atoms with E-state index in [0.29, 0.717) is 0 Å². The highest BCUT2D eigenvalue weighted by atomic mass is 16.5. The van der Waals surface area contributed by atoms with Gasteiger partial charge in [0.15, 0.2) is 0 Å². The number of ether oxygens (including phenoxy) is 1. The van der Waals surface area contributed by atoms with Gasteiger partial charge in [-0.1, -0.05) is 54.6 Å². The standard InChI is InChI=1S/C17H16O3/c18-12-15-8-4-5-9-16(15)13-20-17(19)11-10-14-6-2-1-3-7-14/h1-11,18H,12-13H2. The van der Waals surface area contributed by atoms with Crippen LogP contribution in [0.15, 0.2) is 60.7 Å². The van der Waals surface area contributed by atoms with E-state index in [4.69, 9.17) is 4.74 Å². The summed E-state index contributed by atoms with van der Waals surface area (Å²) in [5.74, 6) is -0.401. The zero-order chi connectivity index (χ0) is 14.2. The average molecular weight is 268 g/mol. The number of rotatable bonds is 5. The fraction of sp³-hybridized carbons (Fsp3) is 0.118. The summed E-state index contributed by atoms with van der Waals surface area (Å²) in [4.78, 5) is 11.6. The van der Waals surface area contributed by atoms with Crippen molar-refractivity contribution in [2.45, 2.75) is 13.2 Å². The molecule has 2 aromatic rings. The van der Waals surface area contributed by atoms with E-state index in [-0.39, 0.29) is 13.2 Å². The van der Waals surface area contributed by atoms with Gasteiger partial charge >= 0.3 is 5.97 Å². The van der Waals surface area contributed by atoms with Crippen molar-refractivity contribution >= 4 is 12.0 Å². The van der Waals surface area contributed by atoms with Crippen LogP contribution in [0.1, 0.15) is 16.7 Å². The monoisotopic (exact) mass is 268 g/mol. The summed E-state index contributed by atoms with van der Waals surface area (Å²) in [6, 6.07) is 16.9. The molecule has 0 aliphatic rings. The van der Waals surface area contributed by atoms with Gasteiger partial charge in [-0.15, -0.1) is 0 Å². The van der Waals surface area contributed by atoms with Crippen molar-refractivity contribution in [1.82, 2.24) is 0 Å². The van der Waals surface area contributed by atoms with Gasteiger partial charge in [-0.05, 0) is 22.8 Å². The second-order valence-electron chi connectivity index (χ2n) is 4.28. The number of esters is 1. The van der Waals surface area contributed by atoms with Gasteiger partial charge in [-0.3, -0.25) is 0 Å². The molecule has 0 saturated carbocycles. The van der Waals surface area contributed by atoms with Gasteiger partial charge in [0.25, 0.3) is 0 Å². The predicted octanol–water partition coefficient (Wildman–Crippen LogP) is 2.94. The summed E-state index contributed by atoms with van der Waals surface area (Å²) < 4.78 is 5.16. The van der Waals surface area contributed by atoms with E-state index in [9.17, 15) is 9.90 Å². The molecule has 102 valence electrons. The molecule has 0 aliphatic carbocycles. The Morgan fingerprint density at radius 1 is 1.00 bits per heavy atom. The molecule has 0 spiro atoms. The molecule has 3 heteroatoms. The molecule has 2 rings (SSSR count). The van der Waals surface area contributed by atoms with Crippen molar-refractivity contribution in [3.05, 3.63) is 77.4 Å². The average Bonchev–Trinajstić information content (AvgIpc) is 2.52. The molecule has 1 N–H and O–H groups in total. The third kappa shape index (κ3) is 4.07. The maximum Gasteiger partial charge on any atom is 0.331 e. The highest BCUT2D eigenvalue weighted by Crippen LogP contribution is 2.10. The Morgan fingerprint density at radius 3 is 2.35 bits per heavy atom. The normalized spacial score (nSPS) is 10.7. The van der Waals surface area contributed by atoms with Crippen LogP contribution in [0.4, 0.5) is 0 Å². The van der Waals surface area contributed by atoms with Crippen molar-refractivity contribution in [3.8, 4) is 0 Å². The minimum absolute atomic E-state index is 0.0619. The first-order chi connectivity index (χ1) is 9.79. The number of benzene rings is 2. The molecule has 0 heterocycles. The molecule has 0 saturated heterocycles. The summed E-state index contributed by atoms with van der Waals surface area (Å²) in [5, 5.41) is 9.18. The van der Waals surface area contributed by atoms with Crippen LogP contribution in [0.25, 0.3) is 6.08 Å². The molecule has 0 unspecified atom stereocenters. The van der Waals surface area contributed by atoms with Gasteiger partial charge in [0.2, 0.25) is 0 Å². The number of carbonyl (C=O) groups excluding carboxylic acids is 1. The zero-order valence-corrected chi connectivity index (χ0v) is 11.0. The maximum atomic E-state index is 11.6. The maximum absolute atomic E-state index is 11.6. The Hall–Kier alpha value is -2.39. The first kappa shape index (κ1) is 14.0. The minimum Gasteiger partial charge on any atom is -0.458 e. The summed E-state index contributed by atoms with van der Waals surface area (Å²) in [6.45, 7) is 0.0995. The van der Waals surface area contributed by atoms with E-state index in [1.54, 1.807) is 6.08 Å². The fourth-order valence-electron chi connectivity index (χ4n) is 1.78. The van der Waals surface area contributed by atoms with E-state index in [1.165, 1.54) is 6.08 Å². The lowest BCUT2D eigenvalue weighted by molar-refractivity contribution is -0.138. The smallest absolute Gasteiger partial charge is 0.331 e. The quantitative estimate of drug-likeness (QED) is 0.670. The molecule has 0 aromatic heterocycles. The first-order valence-electron chi connectivity index (χ1n) is 6.37. The van der Waals surface area contributed by atoms with Gasteiger partial charge in [0.05, 0.1) is 6.61 Å². The van der Waals surface area contributed by atoms with Crippen molar-refractivity contribution in [2.75, 3.05) is 0 Å². The van der Waals surface area contributed by atoms with Crippen LogP contribution < -0.4 is 0 Å². The summed E-state index contributed by atoms with van der Waals surface area (Å²) in [6.07, 6.45) is 3.11. The van der Waals surface area contributed by atoms with Crippen LogP contribution >= 0.6 is 0 Å². The number of hydrogen-bond acceptors (Lipinski definition) is 3. The summed E-state index contributed by atoms with van der Waals surface area (Å²) in [7, 11) is 0. The molecular formula is C17H16O3. The molecule has 0 amide bonds. The highest BCUT2D eigenvalue weighted by Gasteiger charge is 2.03. The SMILES string of the molecule is O=C(C=Cc1ccccc1)OCc1ccccc1CO. The van der Waals surface area contributed by atoms with Crippen LogP contribution in [0.5, 0.6) is 0 Å². The fourth-order valence-corrected chi connectivity index (χ4v) is 1.78. The summed E-state index contributed by atoms with van der Waals surface area (Å²) in [5.41, 5.74) is 2.53. The lowest BCUT2D eigenvalue weighted by Gasteiger charge is -2.06. The third-order valence-corrected chi connectivity index (χ3v) is 2.87. The van der Waals surface area contributed by atoms with Crippen molar-refractivity contribution in [3.63, 3.8) is 0 Å². The van der Waals surface area contributed by atoms with Crippen LogP contribution in [0.2, 0.25) is 0 Å². The number of aliphatic hydroxyl groups excluding tert-OH is 1.